The van der Waals surface area contributed by atoms with Gasteiger partial charge in [0.15, 0.2) is 9.84 Å². The maximum Gasteiger partial charge on any atom is 0.390 e. The Bertz CT molecular complexity index is 302. The molecule has 0 bridgehead atoms. The summed E-state index contributed by atoms with van der Waals surface area (Å²) < 4.78 is 91.6. The van der Waals surface area contributed by atoms with E-state index in [0.717, 1.165) is 0 Å². The van der Waals surface area contributed by atoms with Crippen molar-refractivity contribution in [1.82, 2.24) is 0 Å². The molecular weight excluding hydrogens is 262 g/mol. The SMILES string of the molecule is O=S(=O)(CCCC(F)(F)F)CCC(F)(F)F. The minimum Gasteiger partial charge on any atom is -0.229 e. The number of hydrogen-bond donors (Lipinski definition) is 0. The van der Waals surface area contributed by atoms with Crippen LogP contribution in [0.1, 0.15) is 19.3 Å². The summed E-state index contributed by atoms with van der Waals surface area (Å²) in [6, 6.07) is 0. The minimum absolute atomic E-state index is 0.705. The Hall–Kier alpha value is -0.470. The van der Waals surface area contributed by atoms with Crippen LogP contribution in [0, 0.1) is 0 Å². The van der Waals surface area contributed by atoms with Crippen LogP contribution >= 0.6 is 0 Å². The second-order valence-corrected chi connectivity index (χ2v) is 5.54. The van der Waals surface area contributed by atoms with E-state index in [4.69, 9.17) is 0 Å². The normalized spacial score (nSPS) is 14.1. The van der Waals surface area contributed by atoms with Crippen molar-refractivity contribution in [3.63, 3.8) is 0 Å². The van der Waals surface area contributed by atoms with Gasteiger partial charge in [-0.1, -0.05) is 0 Å². The second-order valence-electron chi connectivity index (χ2n) is 3.24. The summed E-state index contributed by atoms with van der Waals surface area (Å²) in [4.78, 5) is 0. The molecule has 16 heavy (non-hydrogen) atoms. The minimum atomic E-state index is -4.61. The molecular formula is C7H10F6O2S. The van der Waals surface area contributed by atoms with Gasteiger partial charge in [-0.2, -0.15) is 26.3 Å². The van der Waals surface area contributed by atoms with Gasteiger partial charge in [0.25, 0.3) is 0 Å². The predicted octanol–water partition coefficient (Wildman–Crippen LogP) is 2.70. The molecule has 0 aromatic carbocycles. The largest absolute Gasteiger partial charge is 0.390 e. The summed E-state index contributed by atoms with van der Waals surface area (Å²) in [6.07, 6.45) is -12.6. The molecule has 0 aromatic heterocycles. The number of hydrogen-bond acceptors (Lipinski definition) is 2. The number of halogens is 6. The molecule has 0 aromatic rings. The first kappa shape index (κ1) is 15.5. The van der Waals surface area contributed by atoms with E-state index in [2.05, 4.69) is 0 Å². The maximum atomic E-state index is 11.7. The van der Waals surface area contributed by atoms with Crippen LogP contribution in [0.4, 0.5) is 26.3 Å². The van der Waals surface area contributed by atoms with Crippen molar-refractivity contribution in [1.29, 1.82) is 0 Å². The second kappa shape index (κ2) is 5.24. The van der Waals surface area contributed by atoms with Crippen molar-refractivity contribution in [2.24, 2.45) is 0 Å². The fraction of sp³-hybridized carbons (Fsp3) is 1.00. The van der Waals surface area contributed by atoms with Gasteiger partial charge in [0, 0.05) is 6.42 Å². The topological polar surface area (TPSA) is 34.1 Å². The van der Waals surface area contributed by atoms with Crippen LogP contribution in [0.2, 0.25) is 0 Å². The zero-order valence-corrected chi connectivity index (χ0v) is 8.84. The van der Waals surface area contributed by atoms with Crippen molar-refractivity contribution in [2.75, 3.05) is 11.5 Å². The van der Waals surface area contributed by atoms with Crippen molar-refractivity contribution in [3.8, 4) is 0 Å². The summed E-state index contributed by atoms with van der Waals surface area (Å²) in [5.74, 6) is -2.03. The van der Waals surface area contributed by atoms with E-state index in [0.29, 0.717) is 0 Å². The lowest BCUT2D eigenvalue weighted by Gasteiger charge is -2.08. The van der Waals surface area contributed by atoms with Crippen molar-refractivity contribution in [2.45, 2.75) is 31.6 Å². The van der Waals surface area contributed by atoms with Crippen LogP contribution in [0.15, 0.2) is 0 Å². The third kappa shape index (κ3) is 10.1. The molecule has 0 N–H and O–H groups in total. The van der Waals surface area contributed by atoms with Gasteiger partial charge in [-0.25, -0.2) is 8.42 Å². The smallest absolute Gasteiger partial charge is 0.229 e. The van der Waals surface area contributed by atoms with Crippen LogP contribution in [-0.4, -0.2) is 32.3 Å². The summed E-state index contributed by atoms with van der Waals surface area (Å²) >= 11 is 0. The van der Waals surface area contributed by atoms with Crippen LogP contribution in [0.3, 0.4) is 0 Å². The van der Waals surface area contributed by atoms with Gasteiger partial charge in [0.1, 0.15) is 0 Å². The third-order valence-electron chi connectivity index (χ3n) is 1.61. The molecule has 0 heterocycles. The standard InChI is InChI=1S/C7H10F6O2S/c8-6(9,10)2-1-4-16(14,15)5-3-7(11,12)13/h1-5H2. The van der Waals surface area contributed by atoms with E-state index in [1.807, 2.05) is 0 Å². The molecule has 0 rings (SSSR count). The highest BCUT2D eigenvalue weighted by atomic mass is 32.2. The Morgan fingerprint density at radius 1 is 0.750 bits per heavy atom. The van der Waals surface area contributed by atoms with E-state index in [-0.39, 0.29) is 0 Å². The molecule has 0 unspecified atom stereocenters. The number of alkyl halides is 6. The zero-order chi connectivity index (χ0) is 13.0. The molecule has 0 aliphatic heterocycles. The van der Waals surface area contributed by atoms with E-state index >= 15 is 0 Å². The third-order valence-corrected chi connectivity index (χ3v) is 3.35. The lowest BCUT2D eigenvalue weighted by atomic mass is 10.3. The highest BCUT2D eigenvalue weighted by Crippen LogP contribution is 2.23. The fourth-order valence-corrected chi connectivity index (χ4v) is 2.20. The van der Waals surface area contributed by atoms with Gasteiger partial charge in [-0.15, -0.1) is 0 Å². The zero-order valence-electron chi connectivity index (χ0n) is 8.03. The van der Waals surface area contributed by atoms with Crippen molar-refractivity contribution in [3.05, 3.63) is 0 Å². The Morgan fingerprint density at radius 2 is 1.19 bits per heavy atom. The summed E-state index contributed by atoms with van der Waals surface area (Å²) in [5.41, 5.74) is 0. The van der Waals surface area contributed by atoms with Crippen LogP contribution in [-0.2, 0) is 9.84 Å². The Balaban J connectivity index is 3.99. The monoisotopic (exact) mass is 272 g/mol. The summed E-state index contributed by atoms with van der Waals surface area (Å²) in [6.45, 7) is 0. The molecule has 2 nitrogen and oxygen atoms in total. The highest BCUT2D eigenvalue weighted by Gasteiger charge is 2.31. The molecule has 9 heteroatoms. The molecule has 0 amide bonds. The Labute approximate surface area is 88.5 Å². The quantitative estimate of drug-likeness (QED) is 0.721. The van der Waals surface area contributed by atoms with Crippen LogP contribution in [0.5, 0.6) is 0 Å². The van der Waals surface area contributed by atoms with Gasteiger partial charge in [0.2, 0.25) is 0 Å². The van der Waals surface area contributed by atoms with E-state index in [1.54, 1.807) is 0 Å². The van der Waals surface area contributed by atoms with E-state index < -0.39 is 53.0 Å². The summed E-state index contributed by atoms with van der Waals surface area (Å²) in [5, 5.41) is 0. The molecule has 0 radical (unpaired) electrons. The van der Waals surface area contributed by atoms with Crippen molar-refractivity contribution < 1.29 is 34.8 Å². The van der Waals surface area contributed by atoms with Crippen LogP contribution < -0.4 is 0 Å². The average molecular weight is 272 g/mol. The number of sulfone groups is 1. The van der Waals surface area contributed by atoms with Crippen molar-refractivity contribution >= 4 is 9.84 Å². The lowest BCUT2D eigenvalue weighted by molar-refractivity contribution is -0.134. The first-order chi connectivity index (χ1) is 6.91. The van der Waals surface area contributed by atoms with Gasteiger partial charge in [-0.05, 0) is 6.42 Å². The predicted molar refractivity (Wildman–Crippen MR) is 44.6 cm³/mol. The Kier molecular flexibility index (Phi) is 5.09. The average Bonchev–Trinajstić information content (AvgIpc) is 1.97. The first-order valence-electron chi connectivity index (χ1n) is 4.25. The highest BCUT2D eigenvalue weighted by molar-refractivity contribution is 7.91. The molecule has 98 valence electrons. The van der Waals surface area contributed by atoms with Gasteiger partial charge in [-0.3, -0.25) is 0 Å². The maximum absolute atomic E-state index is 11.7. The number of rotatable bonds is 5. The van der Waals surface area contributed by atoms with Gasteiger partial charge >= 0.3 is 12.4 Å². The van der Waals surface area contributed by atoms with E-state index in [9.17, 15) is 34.8 Å². The molecule has 0 aliphatic rings. The molecule has 0 spiro atoms. The van der Waals surface area contributed by atoms with Gasteiger partial charge in [0.05, 0.1) is 17.9 Å². The van der Waals surface area contributed by atoms with Gasteiger partial charge < -0.3 is 0 Å². The molecule has 0 saturated heterocycles. The molecule has 0 aliphatic carbocycles. The van der Waals surface area contributed by atoms with Crippen LogP contribution in [0.25, 0.3) is 0 Å². The fourth-order valence-electron chi connectivity index (χ4n) is 0.866. The Morgan fingerprint density at radius 3 is 1.56 bits per heavy atom. The molecule has 0 saturated carbocycles. The molecule has 0 atom stereocenters. The van der Waals surface area contributed by atoms with E-state index in [1.165, 1.54) is 0 Å². The molecule has 0 fully saturated rings. The summed E-state index contributed by atoms with van der Waals surface area (Å²) in [7, 11) is -4.06. The lowest BCUT2D eigenvalue weighted by Crippen LogP contribution is -2.19. The first-order valence-corrected chi connectivity index (χ1v) is 6.07.